The van der Waals surface area contributed by atoms with Crippen LogP contribution in [-0.2, 0) is 0 Å². The number of benzene rings is 1. The summed E-state index contributed by atoms with van der Waals surface area (Å²) < 4.78 is 6.18. The quantitative estimate of drug-likeness (QED) is 0.786. The monoisotopic (exact) mass is 331 g/mol. The third kappa shape index (κ3) is 2.41. The molecular formula is C12H8BrCl2NO. The fourth-order valence-corrected chi connectivity index (χ4v) is 2.40. The van der Waals surface area contributed by atoms with Crippen LogP contribution in [0.5, 0.6) is 5.75 Å². The Morgan fingerprint density at radius 1 is 1.24 bits per heavy atom. The summed E-state index contributed by atoms with van der Waals surface area (Å²) in [7, 11) is 1.60. The van der Waals surface area contributed by atoms with E-state index in [4.69, 9.17) is 27.9 Å². The fourth-order valence-electron chi connectivity index (χ4n) is 1.51. The number of methoxy groups -OCH3 is 1. The van der Waals surface area contributed by atoms with E-state index in [0.717, 1.165) is 10.0 Å². The molecule has 0 N–H and O–H groups in total. The van der Waals surface area contributed by atoms with E-state index < -0.39 is 0 Å². The number of halogens is 3. The second-order valence-electron chi connectivity index (χ2n) is 3.28. The zero-order valence-corrected chi connectivity index (χ0v) is 12.0. The lowest BCUT2D eigenvalue weighted by Crippen LogP contribution is -1.92. The van der Waals surface area contributed by atoms with Crippen LogP contribution < -0.4 is 4.74 Å². The molecule has 1 aromatic carbocycles. The average molecular weight is 333 g/mol. The van der Waals surface area contributed by atoms with E-state index in [0.29, 0.717) is 21.5 Å². The molecule has 0 aliphatic carbocycles. The summed E-state index contributed by atoms with van der Waals surface area (Å²) in [6.07, 6.45) is 1.61. The van der Waals surface area contributed by atoms with Gasteiger partial charge in [0.1, 0.15) is 5.75 Å². The van der Waals surface area contributed by atoms with Gasteiger partial charge in [0, 0.05) is 11.8 Å². The van der Waals surface area contributed by atoms with Gasteiger partial charge in [0.25, 0.3) is 0 Å². The lowest BCUT2D eigenvalue weighted by molar-refractivity contribution is 0.413. The minimum absolute atomic E-state index is 0.422. The van der Waals surface area contributed by atoms with Crippen LogP contribution in [-0.4, -0.2) is 12.1 Å². The Bertz CT molecular complexity index is 560. The zero-order valence-electron chi connectivity index (χ0n) is 8.88. The normalized spacial score (nSPS) is 10.4. The number of rotatable bonds is 2. The number of ether oxygens (including phenoxy) is 1. The Morgan fingerprint density at radius 3 is 2.71 bits per heavy atom. The Hall–Kier alpha value is -0.770. The number of para-hydroxylation sites is 1. The zero-order chi connectivity index (χ0) is 12.4. The molecule has 0 radical (unpaired) electrons. The highest BCUT2D eigenvalue weighted by Crippen LogP contribution is 2.39. The fraction of sp³-hybridized carbons (Fsp3) is 0.0833. The van der Waals surface area contributed by atoms with Gasteiger partial charge in [0.2, 0.25) is 0 Å². The van der Waals surface area contributed by atoms with Crippen LogP contribution >= 0.6 is 39.1 Å². The molecule has 5 heteroatoms. The number of pyridine rings is 1. The second kappa shape index (κ2) is 5.25. The summed E-state index contributed by atoms with van der Waals surface area (Å²) in [5, 5.41) is 0.893. The molecule has 0 unspecified atom stereocenters. The van der Waals surface area contributed by atoms with Crippen molar-refractivity contribution in [2.24, 2.45) is 0 Å². The number of nitrogens with zero attached hydrogens (tertiary/aromatic N) is 1. The maximum Gasteiger partial charge on any atom is 0.142 e. The van der Waals surface area contributed by atoms with Crippen LogP contribution in [0.15, 0.2) is 34.9 Å². The molecule has 1 heterocycles. The maximum absolute atomic E-state index is 6.14. The molecule has 2 aromatic rings. The van der Waals surface area contributed by atoms with E-state index in [1.54, 1.807) is 19.4 Å². The first-order valence-electron chi connectivity index (χ1n) is 4.78. The van der Waals surface area contributed by atoms with Crippen LogP contribution in [0, 0.1) is 0 Å². The molecular weight excluding hydrogens is 325 g/mol. The van der Waals surface area contributed by atoms with Crippen molar-refractivity contribution in [1.82, 2.24) is 4.98 Å². The van der Waals surface area contributed by atoms with Gasteiger partial charge in [0.05, 0.1) is 27.3 Å². The van der Waals surface area contributed by atoms with Gasteiger partial charge in [-0.1, -0.05) is 29.3 Å². The predicted octanol–water partition coefficient (Wildman–Crippen LogP) is 4.83. The van der Waals surface area contributed by atoms with E-state index in [1.807, 2.05) is 18.2 Å². The van der Waals surface area contributed by atoms with Crippen molar-refractivity contribution in [1.29, 1.82) is 0 Å². The molecule has 0 saturated heterocycles. The SMILES string of the molecule is COc1c(Br)cccc1-c1nccc(Cl)c1Cl. The summed E-state index contributed by atoms with van der Waals surface area (Å²) in [5.74, 6) is 0.684. The summed E-state index contributed by atoms with van der Waals surface area (Å²) in [6, 6.07) is 7.31. The highest BCUT2D eigenvalue weighted by Gasteiger charge is 2.14. The molecule has 0 amide bonds. The molecule has 0 atom stereocenters. The van der Waals surface area contributed by atoms with Gasteiger partial charge >= 0.3 is 0 Å². The van der Waals surface area contributed by atoms with E-state index in [-0.39, 0.29) is 0 Å². The molecule has 88 valence electrons. The lowest BCUT2D eigenvalue weighted by atomic mass is 10.1. The van der Waals surface area contributed by atoms with Gasteiger partial charge in [-0.05, 0) is 34.1 Å². The molecule has 0 aliphatic heterocycles. The van der Waals surface area contributed by atoms with Crippen LogP contribution in [0.1, 0.15) is 0 Å². The van der Waals surface area contributed by atoms with Crippen LogP contribution in [0.3, 0.4) is 0 Å². The largest absolute Gasteiger partial charge is 0.495 e. The predicted molar refractivity (Wildman–Crippen MR) is 73.9 cm³/mol. The lowest BCUT2D eigenvalue weighted by Gasteiger charge is -2.11. The van der Waals surface area contributed by atoms with Crippen molar-refractivity contribution in [3.05, 3.63) is 45.0 Å². The van der Waals surface area contributed by atoms with Crippen LogP contribution in [0.4, 0.5) is 0 Å². The third-order valence-corrected chi connectivity index (χ3v) is 3.69. The minimum Gasteiger partial charge on any atom is -0.495 e. The molecule has 0 aliphatic rings. The molecule has 0 spiro atoms. The van der Waals surface area contributed by atoms with Crippen molar-refractivity contribution in [2.75, 3.05) is 7.11 Å². The van der Waals surface area contributed by atoms with Crippen molar-refractivity contribution in [3.8, 4) is 17.0 Å². The summed E-state index contributed by atoms with van der Waals surface area (Å²) in [4.78, 5) is 4.24. The minimum atomic E-state index is 0.422. The highest BCUT2D eigenvalue weighted by molar-refractivity contribution is 9.10. The Balaban J connectivity index is 2.68. The molecule has 2 rings (SSSR count). The van der Waals surface area contributed by atoms with Gasteiger partial charge in [-0.3, -0.25) is 4.98 Å². The van der Waals surface area contributed by atoms with Crippen LogP contribution in [0.25, 0.3) is 11.3 Å². The Kier molecular flexibility index (Phi) is 3.92. The van der Waals surface area contributed by atoms with Crippen molar-refractivity contribution < 1.29 is 4.74 Å². The standard InChI is InChI=1S/C12H8BrCl2NO/c1-17-12-7(3-2-4-8(12)13)11-10(15)9(14)5-6-16-11/h2-6H,1H3. The number of hydrogen-bond acceptors (Lipinski definition) is 2. The smallest absolute Gasteiger partial charge is 0.142 e. The van der Waals surface area contributed by atoms with Crippen LogP contribution in [0.2, 0.25) is 10.0 Å². The first-order chi connectivity index (χ1) is 8.15. The van der Waals surface area contributed by atoms with E-state index in [9.17, 15) is 0 Å². The second-order valence-corrected chi connectivity index (χ2v) is 4.92. The van der Waals surface area contributed by atoms with Gasteiger partial charge in [0.15, 0.2) is 0 Å². The topological polar surface area (TPSA) is 22.1 Å². The van der Waals surface area contributed by atoms with Crippen molar-refractivity contribution in [3.63, 3.8) is 0 Å². The van der Waals surface area contributed by atoms with Crippen molar-refractivity contribution >= 4 is 39.1 Å². The van der Waals surface area contributed by atoms with Gasteiger partial charge in [-0.2, -0.15) is 0 Å². The summed E-state index contributed by atoms with van der Waals surface area (Å²) in [5.41, 5.74) is 1.41. The number of aromatic nitrogens is 1. The first-order valence-corrected chi connectivity index (χ1v) is 6.33. The van der Waals surface area contributed by atoms with Gasteiger partial charge < -0.3 is 4.74 Å². The summed E-state index contributed by atoms with van der Waals surface area (Å²) >= 11 is 15.5. The molecule has 17 heavy (non-hydrogen) atoms. The molecule has 2 nitrogen and oxygen atoms in total. The number of hydrogen-bond donors (Lipinski definition) is 0. The summed E-state index contributed by atoms with van der Waals surface area (Å²) in [6.45, 7) is 0. The highest BCUT2D eigenvalue weighted by atomic mass is 79.9. The molecule has 1 aromatic heterocycles. The Labute approximate surface area is 118 Å². The van der Waals surface area contributed by atoms with E-state index >= 15 is 0 Å². The van der Waals surface area contributed by atoms with Gasteiger partial charge in [-0.15, -0.1) is 0 Å². The van der Waals surface area contributed by atoms with Crippen molar-refractivity contribution in [2.45, 2.75) is 0 Å². The van der Waals surface area contributed by atoms with Gasteiger partial charge in [-0.25, -0.2) is 0 Å². The third-order valence-electron chi connectivity index (χ3n) is 2.27. The average Bonchev–Trinajstić information content (AvgIpc) is 2.32. The van der Waals surface area contributed by atoms with E-state index in [2.05, 4.69) is 20.9 Å². The molecule has 0 fully saturated rings. The van der Waals surface area contributed by atoms with E-state index in [1.165, 1.54) is 0 Å². The first kappa shape index (κ1) is 12.7. The Morgan fingerprint density at radius 2 is 2.00 bits per heavy atom. The molecule has 0 saturated carbocycles. The maximum atomic E-state index is 6.14. The molecule has 0 bridgehead atoms.